The molecule has 1 aromatic carbocycles. The number of carbonyl (C=O) groups excluding carboxylic acids is 2. The summed E-state index contributed by atoms with van der Waals surface area (Å²) in [6, 6.07) is 10.8. The molecule has 0 radical (unpaired) electrons. The maximum Gasteiger partial charge on any atom is 0.411 e. The van der Waals surface area contributed by atoms with Gasteiger partial charge in [0.2, 0.25) is 5.91 Å². The Morgan fingerprint density at radius 2 is 1.97 bits per heavy atom. The molecule has 4 rings (SSSR count). The zero-order chi connectivity index (χ0) is 23.8. The summed E-state index contributed by atoms with van der Waals surface area (Å²) in [4.78, 5) is 27.6. The van der Waals surface area contributed by atoms with Gasteiger partial charge in [-0.25, -0.2) is 4.79 Å². The number of carbonyl (C=O) groups is 2. The number of hydrogen-bond acceptors (Lipinski definition) is 5. The van der Waals surface area contributed by atoms with Gasteiger partial charge in [-0.15, -0.1) is 0 Å². The third-order valence-electron chi connectivity index (χ3n) is 6.44. The quantitative estimate of drug-likeness (QED) is 0.754. The molecule has 2 amide bonds. The lowest BCUT2D eigenvalue weighted by molar-refractivity contribution is -0.128. The number of benzene rings is 1. The summed E-state index contributed by atoms with van der Waals surface area (Å²) < 4.78 is 7.37. The Hall–Kier alpha value is -3.34. The van der Waals surface area contributed by atoms with Crippen LogP contribution in [0.15, 0.2) is 36.5 Å². The van der Waals surface area contributed by atoms with E-state index in [1.165, 1.54) is 0 Å². The van der Waals surface area contributed by atoms with E-state index in [0.717, 1.165) is 36.1 Å². The Balaban J connectivity index is 1.42. The zero-order valence-corrected chi connectivity index (χ0v) is 19.6. The van der Waals surface area contributed by atoms with Gasteiger partial charge in [0.15, 0.2) is 0 Å². The number of ether oxygens (including phenoxy) is 1. The Bertz CT molecular complexity index is 1060. The van der Waals surface area contributed by atoms with Crippen LogP contribution in [0.5, 0.6) is 0 Å². The largest absolute Gasteiger partial charge is 0.444 e. The van der Waals surface area contributed by atoms with Gasteiger partial charge < -0.3 is 10.1 Å². The van der Waals surface area contributed by atoms with E-state index in [2.05, 4.69) is 16.5 Å². The van der Waals surface area contributed by atoms with Gasteiger partial charge >= 0.3 is 6.09 Å². The predicted octanol–water partition coefficient (Wildman–Crippen LogP) is 3.43. The highest BCUT2D eigenvalue weighted by molar-refractivity contribution is 5.87. The fraction of sp³-hybridized carbons (Fsp3) is 0.520. The Morgan fingerprint density at radius 3 is 2.58 bits per heavy atom. The van der Waals surface area contributed by atoms with Gasteiger partial charge in [-0.1, -0.05) is 24.3 Å². The van der Waals surface area contributed by atoms with Crippen LogP contribution in [-0.4, -0.2) is 50.4 Å². The fourth-order valence-corrected chi connectivity index (χ4v) is 4.99. The summed E-state index contributed by atoms with van der Waals surface area (Å²) >= 11 is 0. The topological polar surface area (TPSA) is 100 Å². The van der Waals surface area contributed by atoms with E-state index in [-0.39, 0.29) is 17.9 Å². The minimum Gasteiger partial charge on any atom is -0.444 e. The van der Waals surface area contributed by atoms with Crippen molar-refractivity contribution in [3.05, 3.63) is 42.1 Å². The molecule has 33 heavy (non-hydrogen) atoms. The monoisotopic (exact) mass is 449 g/mol. The molecule has 8 heteroatoms. The van der Waals surface area contributed by atoms with Gasteiger partial charge in [-0.05, 0) is 63.1 Å². The molecular formula is C25H31N5O3. The second-order valence-corrected chi connectivity index (χ2v) is 9.99. The number of likely N-dealkylation sites (tertiary alicyclic amines) is 1. The molecule has 2 aromatic rings. The minimum atomic E-state index is -0.681. The molecule has 2 bridgehead atoms. The summed E-state index contributed by atoms with van der Waals surface area (Å²) in [6.07, 6.45) is 4.30. The van der Waals surface area contributed by atoms with E-state index < -0.39 is 23.8 Å². The van der Waals surface area contributed by atoms with Crippen LogP contribution in [0.3, 0.4) is 0 Å². The molecule has 1 N–H and O–H groups in total. The summed E-state index contributed by atoms with van der Waals surface area (Å²) in [5.74, 6) is -0.161. The Labute approximate surface area is 194 Å². The number of amides is 2. The molecule has 1 saturated heterocycles. The lowest BCUT2D eigenvalue weighted by Gasteiger charge is -2.35. The normalized spacial score (nSPS) is 22.6. The number of hydrogen-bond donors (Lipinski definition) is 1. The first-order valence-corrected chi connectivity index (χ1v) is 11.4. The van der Waals surface area contributed by atoms with Crippen LogP contribution in [0, 0.1) is 17.2 Å². The van der Waals surface area contributed by atoms with Crippen LogP contribution in [-0.2, 0) is 23.0 Å². The molecule has 2 fully saturated rings. The average molecular weight is 450 g/mol. The van der Waals surface area contributed by atoms with E-state index in [0.29, 0.717) is 6.42 Å². The van der Waals surface area contributed by atoms with Crippen LogP contribution >= 0.6 is 0 Å². The maximum absolute atomic E-state index is 13.2. The number of piperidine rings is 1. The third-order valence-corrected chi connectivity index (χ3v) is 6.44. The predicted molar refractivity (Wildman–Crippen MR) is 123 cm³/mol. The van der Waals surface area contributed by atoms with Crippen molar-refractivity contribution in [2.45, 2.75) is 70.2 Å². The SMILES string of the molecule is Cn1nccc1-c1ccc(CC(C#N)NC(=O)C2C3CCC(C3)N2C(=O)OC(C)(C)C)cc1. The van der Waals surface area contributed by atoms with Gasteiger partial charge in [0.25, 0.3) is 0 Å². The van der Waals surface area contributed by atoms with Crippen molar-refractivity contribution >= 4 is 12.0 Å². The Morgan fingerprint density at radius 1 is 1.24 bits per heavy atom. The molecule has 8 nitrogen and oxygen atoms in total. The van der Waals surface area contributed by atoms with E-state index in [9.17, 15) is 14.9 Å². The van der Waals surface area contributed by atoms with E-state index in [4.69, 9.17) is 4.74 Å². The molecule has 1 aromatic heterocycles. The zero-order valence-electron chi connectivity index (χ0n) is 19.6. The molecule has 1 saturated carbocycles. The van der Waals surface area contributed by atoms with Crippen LogP contribution in [0.25, 0.3) is 11.3 Å². The van der Waals surface area contributed by atoms with Crippen molar-refractivity contribution in [1.82, 2.24) is 20.0 Å². The highest BCUT2D eigenvalue weighted by Crippen LogP contribution is 2.43. The van der Waals surface area contributed by atoms with E-state index in [1.807, 2.05) is 58.2 Å². The molecule has 174 valence electrons. The average Bonchev–Trinajstić information content (AvgIpc) is 3.48. The fourth-order valence-electron chi connectivity index (χ4n) is 4.99. The third kappa shape index (κ3) is 4.87. The molecule has 1 aliphatic heterocycles. The van der Waals surface area contributed by atoms with Gasteiger partial charge in [-0.2, -0.15) is 10.4 Å². The molecule has 0 spiro atoms. The molecular weight excluding hydrogens is 418 g/mol. The van der Waals surface area contributed by atoms with Gasteiger partial charge in [0, 0.05) is 25.7 Å². The summed E-state index contributed by atoms with van der Waals surface area (Å²) in [7, 11) is 1.89. The lowest BCUT2D eigenvalue weighted by atomic mass is 9.97. The molecule has 4 atom stereocenters. The van der Waals surface area contributed by atoms with Crippen molar-refractivity contribution in [2.24, 2.45) is 13.0 Å². The number of nitrogens with zero attached hydrogens (tertiary/aromatic N) is 4. The van der Waals surface area contributed by atoms with Crippen LogP contribution in [0.1, 0.15) is 45.6 Å². The van der Waals surface area contributed by atoms with E-state index in [1.54, 1.807) is 15.8 Å². The standard InChI is InChI=1S/C25H31N5O3/c1-25(2,3)33-24(32)30-20-10-9-18(14-20)22(30)23(31)28-19(15-26)13-16-5-7-17(8-6-16)21-11-12-27-29(21)4/h5-8,11-12,18-20,22H,9-10,13-14H2,1-4H3,(H,28,31). The van der Waals surface area contributed by atoms with Crippen molar-refractivity contribution < 1.29 is 14.3 Å². The smallest absolute Gasteiger partial charge is 0.411 e. The molecule has 4 unspecified atom stereocenters. The number of aromatic nitrogens is 2. The van der Waals surface area contributed by atoms with Crippen molar-refractivity contribution in [3.8, 4) is 17.3 Å². The Kier molecular flexibility index (Phi) is 6.15. The summed E-state index contributed by atoms with van der Waals surface area (Å²) in [6.45, 7) is 5.46. The second kappa shape index (κ2) is 8.89. The van der Waals surface area contributed by atoms with E-state index >= 15 is 0 Å². The first kappa shape index (κ1) is 22.8. The first-order chi connectivity index (χ1) is 15.7. The highest BCUT2D eigenvalue weighted by Gasteiger charge is 2.52. The van der Waals surface area contributed by atoms with Crippen molar-refractivity contribution in [3.63, 3.8) is 0 Å². The number of rotatable bonds is 5. The number of nitrogens with one attached hydrogen (secondary N) is 1. The first-order valence-electron chi connectivity index (χ1n) is 11.4. The molecule has 2 aliphatic rings. The van der Waals surface area contributed by atoms with Gasteiger partial charge in [-0.3, -0.25) is 14.4 Å². The van der Waals surface area contributed by atoms with Crippen molar-refractivity contribution in [1.29, 1.82) is 5.26 Å². The van der Waals surface area contributed by atoms with Gasteiger partial charge in [0.05, 0.1) is 11.8 Å². The number of nitriles is 1. The maximum atomic E-state index is 13.2. The molecule has 2 heterocycles. The highest BCUT2D eigenvalue weighted by atomic mass is 16.6. The second-order valence-electron chi connectivity index (χ2n) is 9.99. The van der Waals surface area contributed by atoms with Crippen LogP contribution in [0.2, 0.25) is 0 Å². The molecule has 1 aliphatic carbocycles. The number of aryl methyl sites for hydroxylation is 1. The van der Waals surface area contributed by atoms with Crippen molar-refractivity contribution in [2.75, 3.05) is 0 Å². The number of fused-ring (bicyclic) bond motifs is 2. The van der Waals surface area contributed by atoms with Crippen LogP contribution < -0.4 is 5.32 Å². The minimum absolute atomic E-state index is 0.0284. The summed E-state index contributed by atoms with van der Waals surface area (Å²) in [5, 5.41) is 16.8. The lowest BCUT2D eigenvalue weighted by Crippen LogP contribution is -2.55. The van der Waals surface area contributed by atoms with Gasteiger partial charge in [0.1, 0.15) is 17.7 Å². The summed E-state index contributed by atoms with van der Waals surface area (Å²) in [5.41, 5.74) is 2.36. The van der Waals surface area contributed by atoms with Crippen LogP contribution in [0.4, 0.5) is 4.79 Å².